The molecule has 148 valence electrons. The molecular weight excluding hydrogens is 342 g/mol. The first kappa shape index (κ1) is 20.6. The SMILES string of the molecule is CN=C(NCCCn1nc(C)cc1C)NCCc1cc(OC)ccc1OC. The van der Waals surface area contributed by atoms with Gasteiger partial charge in [-0.25, -0.2) is 0 Å². The zero-order chi connectivity index (χ0) is 19.6. The molecule has 0 unspecified atom stereocenters. The summed E-state index contributed by atoms with van der Waals surface area (Å²) in [6, 6.07) is 7.94. The lowest BCUT2D eigenvalue weighted by Crippen LogP contribution is -2.39. The first-order valence-corrected chi connectivity index (χ1v) is 9.24. The fourth-order valence-electron chi connectivity index (χ4n) is 2.95. The third-order valence-corrected chi connectivity index (χ3v) is 4.34. The molecule has 1 aromatic carbocycles. The van der Waals surface area contributed by atoms with Crippen molar-refractivity contribution in [3.63, 3.8) is 0 Å². The van der Waals surface area contributed by atoms with Gasteiger partial charge < -0.3 is 20.1 Å². The van der Waals surface area contributed by atoms with Crippen molar-refractivity contribution >= 4 is 5.96 Å². The van der Waals surface area contributed by atoms with Gasteiger partial charge in [0, 0.05) is 32.4 Å². The lowest BCUT2D eigenvalue weighted by molar-refractivity contribution is 0.398. The van der Waals surface area contributed by atoms with E-state index in [0.717, 1.165) is 61.2 Å². The van der Waals surface area contributed by atoms with Gasteiger partial charge >= 0.3 is 0 Å². The summed E-state index contributed by atoms with van der Waals surface area (Å²) in [5.41, 5.74) is 3.36. The molecule has 0 aliphatic carbocycles. The highest BCUT2D eigenvalue weighted by atomic mass is 16.5. The van der Waals surface area contributed by atoms with E-state index in [9.17, 15) is 0 Å². The van der Waals surface area contributed by atoms with Gasteiger partial charge in [-0.05, 0) is 56.5 Å². The molecule has 0 radical (unpaired) electrons. The fraction of sp³-hybridized carbons (Fsp3) is 0.500. The number of methoxy groups -OCH3 is 2. The summed E-state index contributed by atoms with van der Waals surface area (Å²) in [7, 11) is 5.13. The minimum absolute atomic E-state index is 0.751. The third-order valence-electron chi connectivity index (χ3n) is 4.34. The first-order valence-electron chi connectivity index (χ1n) is 9.24. The maximum atomic E-state index is 5.42. The van der Waals surface area contributed by atoms with Gasteiger partial charge in [-0.1, -0.05) is 0 Å². The molecule has 2 aromatic rings. The zero-order valence-corrected chi connectivity index (χ0v) is 17.0. The number of nitrogens with one attached hydrogen (secondary N) is 2. The van der Waals surface area contributed by atoms with Crippen molar-refractivity contribution in [3.05, 3.63) is 41.2 Å². The number of aromatic nitrogens is 2. The van der Waals surface area contributed by atoms with E-state index < -0.39 is 0 Å². The van der Waals surface area contributed by atoms with Gasteiger partial charge in [0.2, 0.25) is 0 Å². The van der Waals surface area contributed by atoms with Gasteiger partial charge in [0.05, 0.1) is 19.9 Å². The molecule has 0 aliphatic rings. The normalized spacial score (nSPS) is 11.4. The lowest BCUT2D eigenvalue weighted by atomic mass is 10.1. The summed E-state index contributed by atoms with van der Waals surface area (Å²) in [4.78, 5) is 4.28. The number of nitrogens with zero attached hydrogens (tertiary/aromatic N) is 3. The Labute approximate surface area is 161 Å². The summed E-state index contributed by atoms with van der Waals surface area (Å²) in [6.45, 7) is 6.58. The molecule has 2 rings (SSSR count). The molecule has 2 N–H and O–H groups in total. The second-order valence-corrected chi connectivity index (χ2v) is 6.36. The number of rotatable bonds is 9. The number of aryl methyl sites for hydroxylation is 3. The molecule has 1 aromatic heterocycles. The largest absolute Gasteiger partial charge is 0.497 e. The number of hydrogen-bond acceptors (Lipinski definition) is 4. The minimum atomic E-state index is 0.751. The number of hydrogen-bond donors (Lipinski definition) is 2. The number of ether oxygens (including phenoxy) is 2. The Morgan fingerprint density at radius 3 is 2.52 bits per heavy atom. The van der Waals surface area contributed by atoms with E-state index in [0.29, 0.717) is 0 Å². The Kier molecular flexibility index (Phi) is 7.98. The molecule has 0 aliphatic heterocycles. The van der Waals surface area contributed by atoms with Crippen LogP contribution in [0, 0.1) is 13.8 Å². The fourth-order valence-corrected chi connectivity index (χ4v) is 2.95. The summed E-state index contributed by atoms with van der Waals surface area (Å²) in [5.74, 6) is 2.49. The Balaban J connectivity index is 1.75. The highest BCUT2D eigenvalue weighted by Crippen LogP contribution is 2.24. The molecule has 7 heteroatoms. The van der Waals surface area contributed by atoms with E-state index in [-0.39, 0.29) is 0 Å². The maximum absolute atomic E-state index is 5.42. The van der Waals surface area contributed by atoms with Gasteiger partial charge in [0.15, 0.2) is 5.96 Å². The van der Waals surface area contributed by atoms with E-state index in [1.807, 2.05) is 29.8 Å². The van der Waals surface area contributed by atoms with Gasteiger partial charge in [-0.15, -0.1) is 0 Å². The molecule has 27 heavy (non-hydrogen) atoms. The predicted octanol–water partition coefficient (Wildman–Crippen LogP) is 2.31. The van der Waals surface area contributed by atoms with Crippen LogP contribution in [-0.2, 0) is 13.0 Å². The van der Waals surface area contributed by atoms with Crippen molar-refractivity contribution in [1.82, 2.24) is 20.4 Å². The van der Waals surface area contributed by atoms with Crippen LogP contribution < -0.4 is 20.1 Å². The van der Waals surface area contributed by atoms with E-state index in [1.54, 1.807) is 21.3 Å². The third kappa shape index (κ3) is 6.20. The summed E-state index contributed by atoms with van der Waals surface area (Å²) in [5, 5.41) is 11.2. The highest BCUT2D eigenvalue weighted by molar-refractivity contribution is 5.79. The molecule has 0 saturated heterocycles. The molecule has 0 saturated carbocycles. The summed E-state index contributed by atoms with van der Waals surface area (Å²) >= 11 is 0. The molecule has 0 spiro atoms. The smallest absolute Gasteiger partial charge is 0.190 e. The average Bonchev–Trinajstić information content (AvgIpc) is 3.00. The van der Waals surface area contributed by atoms with Crippen LogP contribution in [0.25, 0.3) is 0 Å². The highest BCUT2D eigenvalue weighted by Gasteiger charge is 2.06. The van der Waals surface area contributed by atoms with Crippen molar-refractivity contribution in [2.75, 3.05) is 34.4 Å². The van der Waals surface area contributed by atoms with Crippen molar-refractivity contribution in [2.45, 2.75) is 33.2 Å². The minimum Gasteiger partial charge on any atom is -0.497 e. The molecule has 1 heterocycles. The molecule has 0 atom stereocenters. The van der Waals surface area contributed by atoms with Gasteiger partial charge in [-0.2, -0.15) is 5.10 Å². The Hall–Kier alpha value is -2.70. The molecule has 0 fully saturated rings. The molecule has 7 nitrogen and oxygen atoms in total. The summed E-state index contributed by atoms with van der Waals surface area (Å²) in [6.07, 6.45) is 1.79. The number of guanidine groups is 1. The Morgan fingerprint density at radius 1 is 1.11 bits per heavy atom. The van der Waals surface area contributed by atoms with Crippen LogP contribution in [-0.4, -0.2) is 50.1 Å². The second-order valence-electron chi connectivity index (χ2n) is 6.36. The average molecular weight is 374 g/mol. The maximum Gasteiger partial charge on any atom is 0.190 e. The van der Waals surface area contributed by atoms with Crippen LogP contribution in [0.2, 0.25) is 0 Å². The van der Waals surface area contributed by atoms with Crippen LogP contribution in [0.4, 0.5) is 0 Å². The Morgan fingerprint density at radius 2 is 1.89 bits per heavy atom. The monoisotopic (exact) mass is 373 g/mol. The van der Waals surface area contributed by atoms with Crippen molar-refractivity contribution in [3.8, 4) is 11.5 Å². The van der Waals surface area contributed by atoms with Crippen molar-refractivity contribution < 1.29 is 9.47 Å². The van der Waals surface area contributed by atoms with Crippen LogP contribution in [0.1, 0.15) is 23.4 Å². The Bertz CT molecular complexity index is 755. The van der Waals surface area contributed by atoms with E-state index in [2.05, 4.69) is 33.7 Å². The van der Waals surface area contributed by atoms with Crippen LogP contribution in [0.5, 0.6) is 11.5 Å². The van der Waals surface area contributed by atoms with Gasteiger partial charge in [0.1, 0.15) is 11.5 Å². The number of benzene rings is 1. The molecule has 0 amide bonds. The topological polar surface area (TPSA) is 72.7 Å². The standard InChI is InChI=1S/C20H31N5O2/c1-15-13-16(2)25(24-15)12-6-10-22-20(21-3)23-11-9-17-14-18(26-4)7-8-19(17)27-5/h7-8,13-14H,6,9-12H2,1-5H3,(H2,21,22,23). The van der Waals surface area contributed by atoms with Crippen LogP contribution in [0.3, 0.4) is 0 Å². The van der Waals surface area contributed by atoms with E-state index in [4.69, 9.17) is 9.47 Å². The number of aliphatic imine (C=N–C) groups is 1. The zero-order valence-electron chi connectivity index (χ0n) is 17.0. The van der Waals surface area contributed by atoms with Gasteiger partial charge in [0.25, 0.3) is 0 Å². The van der Waals surface area contributed by atoms with Crippen molar-refractivity contribution in [1.29, 1.82) is 0 Å². The predicted molar refractivity (Wildman–Crippen MR) is 109 cm³/mol. The van der Waals surface area contributed by atoms with Crippen LogP contribution >= 0.6 is 0 Å². The summed E-state index contributed by atoms with van der Waals surface area (Å²) < 4.78 is 12.8. The van der Waals surface area contributed by atoms with E-state index >= 15 is 0 Å². The van der Waals surface area contributed by atoms with Gasteiger partial charge in [-0.3, -0.25) is 9.67 Å². The lowest BCUT2D eigenvalue weighted by Gasteiger charge is -2.14. The van der Waals surface area contributed by atoms with E-state index in [1.165, 1.54) is 5.69 Å². The molecular formula is C20H31N5O2. The van der Waals surface area contributed by atoms with Crippen molar-refractivity contribution in [2.24, 2.45) is 4.99 Å². The molecule has 0 bridgehead atoms. The quantitative estimate of drug-likeness (QED) is 0.401. The first-order chi connectivity index (χ1) is 13.1. The second kappa shape index (κ2) is 10.4. The van der Waals surface area contributed by atoms with Crippen LogP contribution in [0.15, 0.2) is 29.3 Å².